The highest BCUT2D eigenvalue weighted by Crippen LogP contribution is 2.24. The van der Waals surface area contributed by atoms with Gasteiger partial charge in [-0.3, -0.25) is 4.90 Å². The average Bonchev–Trinajstić information content (AvgIpc) is 2.35. The van der Waals surface area contributed by atoms with Crippen LogP contribution >= 0.6 is 39.9 Å². The molecule has 2 rings (SSSR count). The van der Waals surface area contributed by atoms with E-state index in [1.165, 1.54) is 31.5 Å². The molecule has 0 radical (unpaired) electrons. The zero-order valence-corrected chi connectivity index (χ0v) is 14.3. The summed E-state index contributed by atoms with van der Waals surface area (Å²) in [6, 6.07) is 6.09. The molecule has 0 bridgehead atoms. The van der Waals surface area contributed by atoms with Crippen molar-refractivity contribution in [3.63, 3.8) is 0 Å². The summed E-state index contributed by atoms with van der Waals surface area (Å²) in [7, 11) is 2.03. The Balaban J connectivity index is 0.00000180. The van der Waals surface area contributed by atoms with E-state index in [2.05, 4.69) is 32.2 Å². The zero-order chi connectivity index (χ0) is 13.0. The maximum Gasteiger partial charge on any atom is 0.0451 e. The quantitative estimate of drug-likeness (QED) is 0.866. The molecule has 2 nitrogen and oxygen atoms in total. The van der Waals surface area contributed by atoms with Gasteiger partial charge in [-0.05, 0) is 62.7 Å². The van der Waals surface area contributed by atoms with E-state index in [-0.39, 0.29) is 12.4 Å². The van der Waals surface area contributed by atoms with Gasteiger partial charge in [-0.1, -0.05) is 27.5 Å². The average molecular weight is 368 g/mol. The minimum Gasteiger partial charge on any atom is -0.319 e. The van der Waals surface area contributed by atoms with E-state index in [9.17, 15) is 0 Å². The number of piperidine rings is 1. The summed E-state index contributed by atoms with van der Waals surface area (Å²) in [5.41, 5.74) is 1.22. The molecule has 0 aliphatic carbocycles. The summed E-state index contributed by atoms with van der Waals surface area (Å²) in [4.78, 5) is 2.51. The van der Waals surface area contributed by atoms with Gasteiger partial charge in [-0.2, -0.15) is 0 Å². The first-order valence-corrected chi connectivity index (χ1v) is 7.67. The lowest BCUT2D eigenvalue weighted by Crippen LogP contribution is -2.38. The Bertz CT molecular complexity index is 399. The molecule has 0 amide bonds. The zero-order valence-electron chi connectivity index (χ0n) is 11.2. The summed E-state index contributed by atoms with van der Waals surface area (Å²) in [6.07, 6.45) is 2.63. The molecule has 1 unspecified atom stereocenters. The third-order valence-corrected chi connectivity index (χ3v) is 4.36. The molecule has 0 aromatic heterocycles. The highest BCUT2D eigenvalue weighted by Gasteiger charge is 2.19. The second-order valence-corrected chi connectivity index (χ2v) is 6.36. The Morgan fingerprint density at radius 1 is 1.47 bits per heavy atom. The standard InChI is InChI=1S/C14H20BrClN2.ClH/c1-17-8-11-3-2-6-18(9-11)10-12-7-13(15)4-5-14(12)16;/h4-5,7,11,17H,2-3,6,8-10H2,1H3;1H. The Morgan fingerprint density at radius 2 is 2.26 bits per heavy atom. The molecular weight excluding hydrogens is 347 g/mol. The Kier molecular flexibility index (Phi) is 7.70. The van der Waals surface area contributed by atoms with Gasteiger partial charge in [0.25, 0.3) is 0 Å². The third kappa shape index (κ3) is 5.24. The number of nitrogens with one attached hydrogen (secondary N) is 1. The molecule has 108 valence electrons. The van der Waals surface area contributed by atoms with Crippen LogP contribution in [0.4, 0.5) is 0 Å². The number of hydrogen-bond acceptors (Lipinski definition) is 2. The predicted octanol–water partition coefficient (Wildman–Crippen LogP) is 3.96. The molecule has 0 saturated carbocycles. The molecular formula is C14H21BrCl2N2. The number of nitrogens with zero attached hydrogens (tertiary/aromatic N) is 1. The highest BCUT2D eigenvalue weighted by molar-refractivity contribution is 9.10. The number of rotatable bonds is 4. The summed E-state index contributed by atoms with van der Waals surface area (Å²) in [6.45, 7) is 4.42. The fourth-order valence-corrected chi connectivity index (χ4v) is 3.24. The minimum atomic E-state index is 0. The Morgan fingerprint density at radius 3 is 3.00 bits per heavy atom. The Hall–Kier alpha value is 0.200. The van der Waals surface area contributed by atoms with Gasteiger partial charge in [-0.15, -0.1) is 12.4 Å². The maximum atomic E-state index is 6.25. The van der Waals surface area contributed by atoms with Crippen molar-refractivity contribution in [2.24, 2.45) is 5.92 Å². The van der Waals surface area contributed by atoms with Crippen LogP contribution < -0.4 is 5.32 Å². The van der Waals surface area contributed by atoms with Crippen LogP contribution in [0.25, 0.3) is 0 Å². The van der Waals surface area contributed by atoms with E-state index < -0.39 is 0 Å². The minimum absolute atomic E-state index is 0. The number of benzene rings is 1. The van der Waals surface area contributed by atoms with Gasteiger partial charge < -0.3 is 5.32 Å². The lowest BCUT2D eigenvalue weighted by molar-refractivity contribution is 0.167. The lowest BCUT2D eigenvalue weighted by atomic mass is 9.97. The van der Waals surface area contributed by atoms with Crippen LogP contribution in [-0.4, -0.2) is 31.6 Å². The first-order chi connectivity index (χ1) is 8.69. The van der Waals surface area contributed by atoms with Gasteiger partial charge in [-0.25, -0.2) is 0 Å². The van der Waals surface area contributed by atoms with Crippen molar-refractivity contribution in [1.82, 2.24) is 10.2 Å². The number of likely N-dealkylation sites (tertiary alicyclic amines) is 1. The van der Waals surface area contributed by atoms with E-state index in [0.29, 0.717) is 0 Å². The van der Waals surface area contributed by atoms with Crippen molar-refractivity contribution in [3.8, 4) is 0 Å². The van der Waals surface area contributed by atoms with E-state index >= 15 is 0 Å². The fraction of sp³-hybridized carbons (Fsp3) is 0.571. The van der Waals surface area contributed by atoms with Crippen molar-refractivity contribution in [2.45, 2.75) is 19.4 Å². The molecule has 1 N–H and O–H groups in total. The largest absolute Gasteiger partial charge is 0.319 e. The normalized spacial score (nSPS) is 20.1. The van der Waals surface area contributed by atoms with Gasteiger partial charge in [0.1, 0.15) is 0 Å². The van der Waals surface area contributed by atoms with Crippen LogP contribution in [0, 0.1) is 5.92 Å². The molecule has 1 fully saturated rings. The fourth-order valence-electron chi connectivity index (χ4n) is 2.66. The number of hydrogen-bond donors (Lipinski definition) is 1. The molecule has 1 heterocycles. The van der Waals surface area contributed by atoms with Crippen molar-refractivity contribution >= 4 is 39.9 Å². The molecule has 1 aliphatic heterocycles. The summed E-state index contributed by atoms with van der Waals surface area (Å²) in [5, 5.41) is 4.15. The van der Waals surface area contributed by atoms with E-state index in [1.54, 1.807) is 0 Å². The van der Waals surface area contributed by atoms with Crippen molar-refractivity contribution in [2.75, 3.05) is 26.7 Å². The topological polar surface area (TPSA) is 15.3 Å². The monoisotopic (exact) mass is 366 g/mol. The van der Waals surface area contributed by atoms with Crippen molar-refractivity contribution in [1.29, 1.82) is 0 Å². The molecule has 5 heteroatoms. The van der Waals surface area contributed by atoms with Gasteiger partial charge in [0.05, 0.1) is 0 Å². The molecule has 19 heavy (non-hydrogen) atoms. The van der Waals surface area contributed by atoms with Gasteiger partial charge >= 0.3 is 0 Å². The lowest BCUT2D eigenvalue weighted by Gasteiger charge is -2.32. The maximum absolute atomic E-state index is 6.25. The van der Waals surface area contributed by atoms with Crippen LogP contribution in [0.5, 0.6) is 0 Å². The first-order valence-electron chi connectivity index (χ1n) is 6.50. The Labute approximate surface area is 135 Å². The number of halogens is 3. The third-order valence-electron chi connectivity index (χ3n) is 3.50. The molecule has 1 atom stereocenters. The summed E-state index contributed by atoms with van der Waals surface area (Å²) >= 11 is 9.76. The van der Waals surface area contributed by atoms with Crippen LogP contribution in [0.15, 0.2) is 22.7 Å². The van der Waals surface area contributed by atoms with E-state index in [0.717, 1.165) is 28.5 Å². The second-order valence-electron chi connectivity index (χ2n) is 5.04. The smallest absolute Gasteiger partial charge is 0.0451 e. The molecule has 1 aliphatic rings. The van der Waals surface area contributed by atoms with Crippen molar-refractivity contribution < 1.29 is 0 Å². The van der Waals surface area contributed by atoms with Crippen molar-refractivity contribution in [3.05, 3.63) is 33.3 Å². The second kappa shape index (κ2) is 8.48. The van der Waals surface area contributed by atoms with Gasteiger partial charge in [0.15, 0.2) is 0 Å². The first kappa shape index (κ1) is 17.3. The van der Waals surface area contributed by atoms with E-state index in [1.807, 2.05) is 19.2 Å². The predicted molar refractivity (Wildman–Crippen MR) is 88.3 cm³/mol. The molecule has 1 saturated heterocycles. The van der Waals surface area contributed by atoms with Crippen LogP contribution in [0.2, 0.25) is 5.02 Å². The van der Waals surface area contributed by atoms with Crippen LogP contribution in [0.3, 0.4) is 0 Å². The van der Waals surface area contributed by atoms with Gasteiger partial charge in [0, 0.05) is 22.6 Å². The molecule has 0 spiro atoms. The van der Waals surface area contributed by atoms with E-state index in [4.69, 9.17) is 11.6 Å². The SMILES string of the molecule is CNCC1CCCN(Cc2cc(Br)ccc2Cl)C1.Cl. The van der Waals surface area contributed by atoms with Gasteiger partial charge in [0.2, 0.25) is 0 Å². The van der Waals surface area contributed by atoms with Crippen LogP contribution in [-0.2, 0) is 6.54 Å². The molecule has 1 aromatic rings. The molecule has 1 aromatic carbocycles. The van der Waals surface area contributed by atoms with Crippen LogP contribution in [0.1, 0.15) is 18.4 Å². The highest BCUT2D eigenvalue weighted by atomic mass is 79.9. The summed E-state index contributed by atoms with van der Waals surface area (Å²) < 4.78 is 1.10. The summed E-state index contributed by atoms with van der Waals surface area (Å²) in [5.74, 6) is 0.773.